The fraction of sp³-hybridized carbons (Fsp3) is 0.235. The molecule has 0 aliphatic carbocycles. The summed E-state index contributed by atoms with van der Waals surface area (Å²) in [6.45, 7) is -0.0199. The Balaban J connectivity index is 2.21. The molecule has 0 heterocycles. The SMILES string of the molecule is COc1cc(CNC(=O)c2ccc(F)c(F)c2F)cc(OC)c1OC. The molecule has 0 fully saturated rings. The van der Waals surface area contributed by atoms with Crippen LogP contribution in [0.4, 0.5) is 13.2 Å². The number of nitrogens with one attached hydrogen (secondary N) is 1. The Bertz CT molecular complexity index is 771. The Morgan fingerprint density at radius 2 is 1.56 bits per heavy atom. The van der Waals surface area contributed by atoms with Gasteiger partial charge < -0.3 is 19.5 Å². The van der Waals surface area contributed by atoms with E-state index in [1.165, 1.54) is 21.3 Å². The van der Waals surface area contributed by atoms with E-state index < -0.39 is 28.9 Å². The predicted molar refractivity (Wildman–Crippen MR) is 83.6 cm³/mol. The second-order valence-electron chi connectivity index (χ2n) is 4.94. The summed E-state index contributed by atoms with van der Waals surface area (Å²) in [5, 5.41) is 2.42. The standard InChI is InChI=1S/C17H16F3NO4/c1-23-12-6-9(7-13(24-2)16(12)25-3)8-21-17(22)10-4-5-11(18)15(20)14(10)19/h4-7H,8H2,1-3H3,(H,21,22). The van der Waals surface area contributed by atoms with E-state index >= 15 is 0 Å². The van der Waals surface area contributed by atoms with E-state index in [4.69, 9.17) is 14.2 Å². The first-order valence-electron chi connectivity index (χ1n) is 7.13. The molecule has 8 heteroatoms. The molecule has 0 saturated carbocycles. The summed E-state index contributed by atoms with van der Waals surface area (Å²) in [5.74, 6) is -4.34. The molecule has 0 atom stereocenters. The normalized spacial score (nSPS) is 10.3. The molecular weight excluding hydrogens is 339 g/mol. The summed E-state index contributed by atoms with van der Waals surface area (Å²) >= 11 is 0. The van der Waals surface area contributed by atoms with Gasteiger partial charge in [0.25, 0.3) is 5.91 Å². The topological polar surface area (TPSA) is 56.8 Å². The van der Waals surface area contributed by atoms with Crippen molar-refractivity contribution in [3.63, 3.8) is 0 Å². The Morgan fingerprint density at radius 3 is 2.08 bits per heavy atom. The van der Waals surface area contributed by atoms with Crippen molar-refractivity contribution in [3.8, 4) is 17.2 Å². The van der Waals surface area contributed by atoms with Gasteiger partial charge in [-0.2, -0.15) is 0 Å². The quantitative estimate of drug-likeness (QED) is 0.810. The number of amides is 1. The molecule has 0 saturated heterocycles. The molecule has 0 bridgehead atoms. The van der Waals surface area contributed by atoms with E-state index in [1.54, 1.807) is 12.1 Å². The Morgan fingerprint density at radius 1 is 0.960 bits per heavy atom. The molecule has 0 aliphatic heterocycles. The zero-order chi connectivity index (χ0) is 18.6. The summed E-state index contributed by atoms with van der Waals surface area (Å²) in [6.07, 6.45) is 0. The van der Waals surface area contributed by atoms with Crippen molar-refractivity contribution in [2.45, 2.75) is 6.54 Å². The minimum absolute atomic E-state index is 0.0199. The van der Waals surface area contributed by atoms with Gasteiger partial charge in [0.1, 0.15) is 0 Å². The maximum absolute atomic E-state index is 13.6. The molecule has 5 nitrogen and oxygen atoms in total. The van der Waals surface area contributed by atoms with Crippen LogP contribution in [-0.4, -0.2) is 27.2 Å². The van der Waals surface area contributed by atoms with Crippen LogP contribution in [-0.2, 0) is 6.54 Å². The van der Waals surface area contributed by atoms with E-state index in [1.807, 2.05) is 0 Å². The van der Waals surface area contributed by atoms with Gasteiger partial charge in [0.15, 0.2) is 29.0 Å². The molecule has 0 unspecified atom stereocenters. The summed E-state index contributed by atoms with van der Waals surface area (Å²) in [7, 11) is 4.33. The number of ether oxygens (including phenoxy) is 3. The molecule has 0 aromatic heterocycles. The van der Waals surface area contributed by atoms with Crippen LogP contribution in [0.15, 0.2) is 24.3 Å². The van der Waals surface area contributed by atoms with Crippen LogP contribution in [0.25, 0.3) is 0 Å². The third kappa shape index (κ3) is 3.78. The summed E-state index contributed by atoms with van der Waals surface area (Å²) in [6, 6.07) is 4.76. The summed E-state index contributed by atoms with van der Waals surface area (Å²) in [4.78, 5) is 12.0. The minimum Gasteiger partial charge on any atom is -0.493 e. The van der Waals surface area contributed by atoms with Gasteiger partial charge in [0, 0.05) is 6.54 Å². The lowest BCUT2D eigenvalue weighted by Gasteiger charge is -2.14. The molecule has 0 spiro atoms. The lowest BCUT2D eigenvalue weighted by Crippen LogP contribution is -2.24. The minimum atomic E-state index is -1.69. The maximum Gasteiger partial charge on any atom is 0.254 e. The van der Waals surface area contributed by atoms with E-state index in [2.05, 4.69) is 5.32 Å². The number of carbonyl (C=O) groups excluding carboxylic acids is 1. The van der Waals surface area contributed by atoms with Gasteiger partial charge >= 0.3 is 0 Å². The molecule has 2 aromatic carbocycles. The molecule has 1 N–H and O–H groups in total. The molecule has 134 valence electrons. The van der Waals surface area contributed by atoms with Crippen LogP contribution < -0.4 is 19.5 Å². The molecule has 0 aliphatic rings. The third-order valence-corrected chi connectivity index (χ3v) is 3.46. The van der Waals surface area contributed by atoms with Crippen molar-refractivity contribution in [2.24, 2.45) is 0 Å². The summed E-state index contributed by atoms with van der Waals surface area (Å²) in [5.41, 5.74) is -0.0165. The number of carbonyl (C=O) groups is 1. The van der Waals surface area contributed by atoms with E-state index in [9.17, 15) is 18.0 Å². The third-order valence-electron chi connectivity index (χ3n) is 3.46. The monoisotopic (exact) mass is 355 g/mol. The van der Waals surface area contributed by atoms with Crippen molar-refractivity contribution in [1.29, 1.82) is 0 Å². The van der Waals surface area contributed by atoms with Crippen LogP contribution in [0.1, 0.15) is 15.9 Å². The fourth-order valence-electron chi connectivity index (χ4n) is 2.22. The molecule has 1 amide bonds. The maximum atomic E-state index is 13.6. The van der Waals surface area contributed by atoms with Gasteiger partial charge in [-0.05, 0) is 29.8 Å². The smallest absolute Gasteiger partial charge is 0.254 e. The second-order valence-corrected chi connectivity index (χ2v) is 4.94. The zero-order valence-electron chi connectivity index (χ0n) is 13.8. The van der Waals surface area contributed by atoms with E-state index in [0.717, 1.165) is 6.07 Å². The van der Waals surface area contributed by atoms with Gasteiger partial charge in [-0.25, -0.2) is 13.2 Å². The lowest BCUT2D eigenvalue weighted by molar-refractivity contribution is 0.0945. The van der Waals surface area contributed by atoms with Crippen molar-refractivity contribution in [1.82, 2.24) is 5.32 Å². The molecular formula is C17H16F3NO4. The number of rotatable bonds is 6. The highest BCUT2D eigenvalue weighted by Crippen LogP contribution is 2.38. The van der Waals surface area contributed by atoms with Crippen molar-refractivity contribution in [3.05, 3.63) is 52.8 Å². The van der Waals surface area contributed by atoms with Crippen LogP contribution in [0.2, 0.25) is 0 Å². The Labute approximate surface area is 142 Å². The van der Waals surface area contributed by atoms with Crippen LogP contribution in [0.3, 0.4) is 0 Å². The van der Waals surface area contributed by atoms with Gasteiger partial charge in [-0.15, -0.1) is 0 Å². The Hall–Kier alpha value is -2.90. The van der Waals surface area contributed by atoms with Crippen molar-refractivity contribution < 1.29 is 32.2 Å². The number of benzene rings is 2. The first kappa shape index (κ1) is 18.4. The molecule has 0 radical (unpaired) electrons. The van der Waals surface area contributed by atoms with Gasteiger partial charge in [0.2, 0.25) is 5.75 Å². The Kier molecular flexibility index (Phi) is 5.74. The number of halogens is 3. The van der Waals surface area contributed by atoms with Crippen molar-refractivity contribution in [2.75, 3.05) is 21.3 Å². The van der Waals surface area contributed by atoms with Crippen LogP contribution >= 0.6 is 0 Å². The largest absolute Gasteiger partial charge is 0.493 e. The second kappa shape index (κ2) is 7.78. The van der Waals surface area contributed by atoms with Crippen LogP contribution in [0.5, 0.6) is 17.2 Å². The zero-order valence-corrected chi connectivity index (χ0v) is 13.8. The summed E-state index contributed by atoms with van der Waals surface area (Å²) < 4.78 is 55.4. The first-order valence-corrected chi connectivity index (χ1v) is 7.13. The highest BCUT2D eigenvalue weighted by Gasteiger charge is 2.19. The van der Waals surface area contributed by atoms with E-state index in [0.29, 0.717) is 28.9 Å². The first-order chi connectivity index (χ1) is 11.9. The molecule has 25 heavy (non-hydrogen) atoms. The average molecular weight is 355 g/mol. The average Bonchev–Trinajstić information content (AvgIpc) is 2.63. The fourth-order valence-corrected chi connectivity index (χ4v) is 2.22. The lowest BCUT2D eigenvalue weighted by atomic mass is 10.1. The highest BCUT2D eigenvalue weighted by atomic mass is 19.2. The van der Waals surface area contributed by atoms with Gasteiger partial charge in [-0.3, -0.25) is 4.79 Å². The van der Waals surface area contributed by atoms with Gasteiger partial charge in [0.05, 0.1) is 26.9 Å². The van der Waals surface area contributed by atoms with Crippen LogP contribution in [0, 0.1) is 17.5 Å². The predicted octanol–water partition coefficient (Wildman–Crippen LogP) is 3.06. The molecule has 2 rings (SSSR count). The highest BCUT2D eigenvalue weighted by molar-refractivity contribution is 5.94. The number of hydrogen-bond donors (Lipinski definition) is 1. The molecule has 2 aromatic rings. The van der Waals surface area contributed by atoms with E-state index in [-0.39, 0.29) is 6.54 Å². The van der Waals surface area contributed by atoms with Gasteiger partial charge in [-0.1, -0.05) is 0 Å². The number of hydrogen-bond acceptors (Lipinski definition) is 4. The van der Waals surface area contributed by atoms with Crippen molar-refractivity contribution >= 4 is 5.91 Å². The number of methoxy groups -OCH3 is 3.